The maximum Gasteiger partial charge on any atom is 0.472 e. The Bertz CT molecular complexity index is 403. The molecule has 8 N–H and O–H groups in total. The Kier molecular flexibility index (Phi) is 10.2. The van der Waals surface area contributed by atoms with Gasteiger partial charge in [0.2, 0.25) is 0 Å². The van der Waals surface area contributed by atoms with Crippen LogP contribution < -0.4 is 0 Å². The van der Waals surface area contributed by atoms with E-state index in [1.165, 1.54) is 0 Å². The molecule has 0 saturated carbocycles. The van der Waals surface area contributed by atoms with Crippen molar-refractivity contribution in [2.75, 3.05) is 26.4 Å². The Morgan fingerprint density at radius 3 is 1.83 bits per heavy atom. The average molecular weight is 364 g/mol. The van der Waals surface area contributed by atoms with Crippen LogP contribution in [0.5, 0.6) is 0 Å². The molecule has 0 amide bonds. The van der Waals surface area contributed by atoms with E-state index in [9.17, 15) is 34.7 Å². The Balaban J connectivity index is 4.34. The van der Waals surface area contributed by atoms with E-state index >= 15 is 0 Å². The summed E-state index contributed by atoms with van der Waals surface area (Å²) in [5.41, 5.74) is 0. The summed E-state index contributed by atoms with van der Waals surface area (Å²) in [6.07, 6.45) is -9.33. The van der Waals surface area contributed by atoms with Gasteiger partial charge in [0.25, 0.3) is 0 Å². The fraction of sp³-hybridized carbons (Fsp3) is 0.900. The van der Waals surface area contributed by atoms with Crippen LogP contribution in [0, 0.1) is 0 Å². The molecule has 12 nitrogen and oxygen atoms in total. The fourth-order valence-electron chi connectivity index (χ4n) is 1.24. The number of ketones is 1. The van der Waals surface area contributed by atoms with Gasteiger partial charge < -0.3 is 40.6 Å². The van der Waals surface area contributed by atoms with Crippen LogP contribution in [0.15, 0.2) is 0 Å². The minimum Gasteiger partial charge on any atom is -0.394 e. The van der Waals surface area contributed by atoms with Gasteiger partial charge >= 0.3 is 7.82 Å². The van der Waals surface area contributed by atoms with Crippen molar-refractivity contribution in [3.8, 4) is 0 Å². The Morgan fingerprint density at radius 1 is 0.913 bits per heavy atom. The first kappa shape index (κ1) is 22.5. The molecular weight excluding hydrogens is 343 g/mol. The molecule has 0 aromatic heterocycles. The molecule has 0 fully saturated rings. The summed E-state index contributed by atoms with van der Waals surface area (Å²) >= 11 is 0. The smallest absolute Gasteiger partial charge is 0.394 e. The van der Waals surface area contributed by atoms with E-state index in [-0.39, 0.29) is 0 Å². The molecule has 0 rings (SSSR count). The quantitative estimate of drug-likeness (QED) is 0.154. The molecule has 0 saturated heterocycles. The molecule has 0 aromatic carbocycles. The second-order valence-electron chi connectivity index (χ2n) is 4.50. The van der Waals surface area contributed by atoms with Crippen molar-refractivity contribution < 1.29 is 59.0 Å². The van der Waals surface area contributed by atoms with Crippen molar-refractivity contribution in [1.82, 2.24) is 0 Å². The number of hydrogen-bond acceptors (Lipinski definition) is 11. The highest BCUT2D eigenvalue weighted by molar-refractivity contribution is 7.47. The van der Waals surface area contributed by atoms with Gasteiger partial charge in [-0.15, -0.1) is 0 Å². The maximum absolute atomic E-state index is 11.4. The number of rotatable bonds is 12. The zero-order chi connectivity index (χ0) is 18.2. The molecular formula is C10H21O12P. The van der Waals surface area contributed by atoms with Gasteiger partial charge in [-0.05, 0) is 0 Å². The largest absolute Gasteiger partial charge is 0.472 e. The third-order valence-corrected chi connectivity index (χ3v) is 3.59. The highest BCUT2D eigenvalue weighted by atomic mass is 31.2. The van der Waals surface area contributed by atoms with Gasteiger partial charge in [-0.3, -0.25) is 13.8 Å². The number of carbonyl (C=O) groups excluding carboxylic acids is 1. The van der Waals surface area contributed by atoms with Crippen molar-refractivity contribution in [1.29, 1.82) is 0 Å². The molecule has 138 valence electrons. The highest BCUT2D eigenvalue weighted by Gasteiger charge is 2.31. The third-order valence-electron chi connectivity index (χ3n) is 2.64. The standard InChI is InChI=1S/C10H21O12P/c11-1-5(13)9(17)7(15)3-21-23(19,20)22-4-8(16)10(18)6(14)2-12/h5,7-13,15-18H,1-4H2,(H,19,20)/t5-,7+,8-,9+,10-/m1/s1. The number of aliphatic hydroxyl groups excluding tert-OH is 7. The fourth-order valence-corrected chi connectivity index (χ4v) is 2.00. The van der Waals surface area contributed by atoms with Crippen LogP contribution in [-0.4, -0.2) is 103 Å². The summed E-state index contributed by atoms with van der Waals surface area (Å²) in [5, 5.41) is 63.2. The van der Waals surface area contributed by atoms with E-state index in [2.05, 4.69) is 9.05 Å². The topological polar surface area (TPSA) is 214 Å². The summed E-state index contributed by atoms with van der Waals surface area (Å²) in [6, 6.07) is 0. The molecule has 0 radical (unpaired) electrons. The molecule has 1 unspecified atom stereocenters. The monoisotopic (exact) mass is 364 g/mol. The second-order valence-corrected chi connectivity index (χ2v) is 5.96. The van der Waals surface area contributed by atoms with E-state index in [0.29, 0.717) is 0 Å². The van der Waals surface area contributed by atoms with Crippen molar-refractivity contribution >= 4 is 13.6 Å². The number of phosphoric ester groups is 1. The van der Waals surface area contributed by atoms with Gasteiger partial charge in [0.15, 0.2) is 5.78 Å². The minimum atomic E-state index is -4.82. The summed E-state index contributed by atoms with van der Waals surface area (Å²) in [6.45, 7) is -3.88. The van der Waals surface area contributed by atoms with E-state index < -0.39 is 70.6 Å². The van der Waals surface area contributed by atoms with Crippen molar-refractivity contribution in [3.05, 3.63) is 0 Å². The van der Waals surface area contributed by atoms with Crippen molar-refractivity contribution in [2.45, 2.75) is 30.5 Å². The van der Waals surface area contributed by atoms with Gasteiger partial charge in [0.1, 0.15) is 37.1 Å². The van der Waals surface area contributed by atoms with Gasteiger partial charge in [-0.1, -0.05) is 0 Å². The van der Waals surface area contributed by atoms with Gasteiger partial charge in [-0.2, -0.15) is 0 Å². The SMILES string of the molecule is O=C(CO)[C@@H](O)[C@H](O)COP(=O)(O)OC[C@H](O)[C@@H](O)[C@H](O)CO. The Labute approximate surface area is 130 Å². The van der Waals surface area contributed by atoms with Crippen LogP contribution in [0.3, 0.4) is 0 Å². The number of hydrogen-bond donors (Lipinski definition) is 8. The molecule has 0 aliphatic heterocycles. The van der Waals surface area contributed by atoms with Gasteiger partial charge in [0, 0.05) is 0 Å². The van der Waals surface area contributed by atoms with Crippen molar-refractivity contribution in [3.63, 3.8) is 0 Å². The normalized spacial score (nSPS) is 21.0. The average Bonchev–Trinajstić information content (AvgIpc) is 2.54. The minimum absolute atomic E-state index is 0.867. The highest BCUT2D eigenvalue weighted by Crippen LogP contribution is 2.43. The summed E-state index contributed by atoms with van der Waals surface area (Å²) in [5.74, 6) is -1.13. The second kappa shape index (κ2) is 10.4. The first-order valence-corrected chi connectivity index (χ1v) is 7.82. The van der Waals surface area contributed by atoms with Crippen LogP contribution in [-0.2, 0) is 18.4 Å². The third kappa shape index (κ3) is 8.24. The summed E-state index contributed by atoms with van der Waals surface area (Å²) in [7, 11) is -4.82. The molecule has 0 heterocycles. The molecule has 6 atom stereocenters. The first-order chi connectivity index (χ1) is 10.6. The maximum atomic E-state index is 11.4. The van der Waals surface area contributed by atoms with Crippen LogP contribution in [0.4, 0.5) is 0 Å². The zero-order valence-corrected chi connectivity index (χ0v) is 12.8. The molecule has 0 aliphatic carbocycles. The lowest BCUT2D eigenvalue weighted by molar-refractivity contribution is -0.137. The zero-order valence-electron chi connectivity index (χ0n) is 11.9. The number of phosphoric acid groups is 1. The lowest BCUT2D eigenvalue weighted by Gasteiger charge is -2.23. The van der Waals surface area contributed by atoms with Crippen molar-refractivity contribution in [2.24, 2.45) is 0 Å². The molecule has 23 heavy (non-hydrogen) atoms. The molecule has 0 aliphatic rings. The Hall–Kier alpha value is -0.500. The first-order valence-electron chi connectivity index (χ1n) is 6.32. The van der Waals surface area contributed by atoms with E-state index in [1.807, 2.05) is 0 Å². The molecule has 13 heteroatoms. The van der Waals surface area contributed by atoms with E-state index in [1.54, 1.807) is 0 Å². The molecule has 0 spiro atoms. The lowest BCUT2D eigenvalue weighted by atomic mass is 10.1. The van der Waals surface area contributed by atoms with Gasteiger partial charge in [-0.25, -0.2) is 4.57 Å². The molecule has 0 aromatic rings. The van der Waals surface area contributed by atoms with Crippen LogP contribution in [0.25, 0.3) is 0 Å². The number of carbonyl (C=O) groups is 1. The van der Waals surface area contributed by atoms with Crippen LogP contribution in [0.2, 0.25) is 0 Å². The number of aliphatic hydroxyl groups is 7. The predicted octanol–water partition coefficient (Wildman–Crippen LogP) is -4.52. The molecule has 0 bridgehead atoms. The Morgan fingerprint density at radius 2 is 1.39 bits per heavy atom. The summed E-state index contributed by atoms with van der Waals surface area (Å²) in [4.78, 5) is 20.1. The van der Waals surface area contributed by atoms with E-state index in [0.717, 1.165) is 0 Å². The predicted molar refractivity (Wildman–Crippen MR) is 70.9 cm³/mol. The van der Waals surface area contributed by atoms with Crippen LogP contribution >= 0.6 is 7.82 Å². The van der Waals surface area contributed by atoms with Gasteiger partial charge in [0.05, 0.1) is 19.8 Å². The lowest BCUT2D eigenvalue weighted by Crippen LogP contribution is -2.41. The number of Topliss-reactive ketones (excluding diaryl/α,β-unsaturated/α-hetero) is 1. The van der Waals surface area contributed by atoms with Crippen LogP contribution in [0.1, 0.15) is 0 Å². The van der Waals surface area contributed by atoms with E-state index in [4.69, 9.17) is 15.3 Å². The summed E-state index contributed by atoms with van der Waals surface area (Å²) < 4.78 is 20.0.